The number of allylic oxidation sites excluding steroid dienone is 1. The number of nitrogens with zero attached hydrogens (tertiary/aromatic N) is 2. The first-order chi connectivity index (χ1) is 14.4. The number of hydrogen-bond acceptors (Lipinski definition) is 4. The average Bonchev–Trinajstić information content (AvgIpc) is 3.32. The SMILES string of the molecule is C/C=C(/CN1C(=O)c2cc3occc3n2CC1(C)C(=O)NC1CCC(C)CC1)SC. The summed E-state index contributed by atoms with van der Waals surface area (Å²) < 4.78 is 7.47. The molecule has 6 nitrogen and oxygen atoms in total. The monoisotopic (exact) mass is 429 g/mol. The minimum atomic E-state index is -0.972. The summed E-state index contributed by atoms with van der Waals surface area (Å²) in [4.78, 5) is 30.0. The van der Waals surface area contributed by atoms with E-state index in [1.165, 1.54) is 0 Å². The van der Waals surface area contributed by atoms with E-state index in [4.69, 9.17) is 4.42 Å². The molecule has 30 heavy (non-hydrogen) atoms. The van der Waals surface area contributed by atoms with Crippen LogP contribution in [0.25, 0.3) is 11.1 Å². The molecule has 4 rings (SSSR count). The smallest absolute Gasteiger partial charge is 0.271 e. The summed E-state index contributed by atoms with van der Waals surface area (Å²) in [5.41, 5.74) is 1.15. The lowest BCUT2D eigenvalue weighted by atomic mass is 9.86. The molecule has 0 saturated heterocycles. The second-order valence-corrected chi connectivity index (χ2v) is 9.77. The van der Waals surface area contributed by atoms with Crippen molar-refractivity contribution in [1.29, 1.82) is 0 Å². The first kappa shape index (κ1) is 21.1. The van der Waals surface area contributed by atoms with Gasteiger partial charge in [-0.05, 0) is 56.6 Å². The fourth-order valence-electron chi connectivity index (χ4n) is 4.70. The van der Waals surface area contributed by atoms with Crippen LogP contribution < -0.4 is 5.32 Å². The number of rotatable bonds is 5. The maximum atomic E-state index is 13.6. The van der Waals surface area contributed by atoms with Crippen molar-refractivity contribution in [1.82, 2.24) is 14.8 Å². The van der Waals surface area contributed by atoms with E-state index in [-0.39, 0.29) is 17.9 Å². The molecule has 0 aromatic carbocycles. The highest BCUT2D eigenvalue weighted by Gasteiger charge is 2.48. The van der Waals surface area contributed by atoms with Gasteiger partial charge in [-0.1, -0.05) is 13.0 Å². The Morgan fingerprint density at radius 3 is 2.77 bits per heavy atom. The van der Waals surface area contributed by atoms with Gasteiger partial charge in [-0.3, -0.25) is 9.59 Å². The second-order valence-electron chi connectivity index (χ2n) is 8.84. The molecule has 1 aliphatic carbocycles. The van der Waals surface area contributed by atoms with Crippen molar-refractivity contribution in [2.24, 2.45) is 5.92 Å². The van der Waals surface area contributed by atoms with Crippen molar-refractivity contribution in [3.63, 3.8) is 0 Å². The van der Waals surface area contributed by atoms with E-state index in [0.717, 1.165) is 42.0 Å². The Morgan fingerprint density at radius 1 is 1.37 bits per heavy atom. The van der Waals surface area contributed by atoms with E-state index in [9.17, 15) is 9.59 Å². The van der Waals surface area contributed by atoms with E-state index in [1.54, 1.807) is 29.0 Å². The van der Waals surface area contributed by atoms with Crippen molar-refractivity contribution < 1.29 is 14.0 Å². The van der Waals surface area contributed by atoms with E-state index < -0.39 is 5.54 Å². The van der Waals surface area contributed by atoms with Crippen molar-refractivity contribution in [3.8, 4) is 0 Å². The highest BCUT2D eigenvalue weighted by molar-refractivity contribution is 8.02. The van der Waals surface area contributed by atoms with Crippen LogP contribution in [0.3, 0.4) is 0 Å². The topological polar surface area (TPSA) is 67.5 Å². The molecule has 2 amide bonds. The molecule has 0 radical (unpaired) electrons. The van der Waals surface area contributed by atoms with Gasteiger partial charge in [0.25, 0.3) is 5.91 Å². The highest BCUT2D eigenvalue weighted by atomic mass is 32.2. The van der Waals surface area contributed by atoms with Crippen molar-refractivity contribution in [3.05, 3.63) is 35.1 Å². The second kappa shape index (κ2) is 8.17. The number of carbonyl (C=O) groups excluding carboxylic acids is 2. The summed E-state index contributed by atoms with van der Waals surface area (Å²) in [6, 6.07) is 3.84. The van der Waals surface area contributed by atoms with Crippen LogP contribution in [0.5, 0.6) is 0 Å². The zero-order valence-corrected chi connectivity index (χ0v) is 19.1. The molecular formula is C23H31N3O3S. The molecule has 1 aliphatic heterocycles. The van der Waals surface area contributed by atoms with Crippen LogP contribution in [-0.4, -0.2) is 45.7 Å². The van der Waals surface area contributed by atoms with Crippen molar-refractivity contribution in [2.75, 3.05) is 12.8 Å². The molecule has 162 valence electrons. The molecule has 1 unspecified atom stereocenters. The minimum Gasteiger partial charge on any atom is -0.463 e. The van der Waals surface area contributed by atoms with Gasteiger partial charge >= 0.3 is 0 Å². The third-order valence-corrected chi connectivity index (χ3v) is 7.68. The van der Waals surface area contributed by atoms with Crippen LogP contribution in [0, 0.1) is 5.92 Å². The van der Waals surface area contributed by atoms with E-state index in [0.29, 0.717) is 24.4 Å². The lowest BCUT2D eigenvalue weighted by Crippen LogP contribution is -2.65. The third-order valence-electron chi connectivity index (χ3n) is 6.79. The molecule has 3 heterocycles. The molecule has 7 heteroatoms. The normalized spacial score (nSPS) is 27.4. The van der Waals surface area contributed by atoms with Crippen LogP contribution in [0.2, 0.25) is 0 Å². The number of fused-ring (bicyclic) bond motifs is 3. The minimum absolute atomic E-state index is 0.0667. The van der Waals surface area contributed by atoms with E-state index >= 15 is 0 Å². The zero-order chi connectivity index (χ0) is 21.5. The van der Waals surface area contributed by atoms with Gasteiger partial charge in [-0.2, -0.15) is 0 Å². The molecular weight excluding hydrogens is 398 g/mol. The summed E-state index contributed by atoms with van der Waals surface area (Å²) in [5.74, 6) is 0.524. The van der Waals surface area contributed by atoms with Crippen LogP contribution in [0.15, 0.2) is 33.8 Å². The lowest BCUT2D eigenvalue weighted by Gasteiger charge is -2.45. The fraction of sp³-hybridized carbons (Fsp3) is 0.565. The molecule has 1 saturated carbocycles. The maximum absolute atomic E-state index is 13.6. The van der Waals surface area contributed by atoms with Gasteiger partial charge < -0.3 is 19.2 Å². The third kappa shape index (κ3) is 3.57. The molecule has 2 aromatic rings. The number of hydrogen-bond donors (Lipinski definition) is 1. The number of aromatic nitrogens is 1. The number of amides is 2. The Bertz CT molecular complexity index is 983. The van der Waals surface area contributed by atoms with Gasteiger partial charge in [-0.25, -0.2) is 0 Å². The Kier molecular flexibility index (Phi) is 5.75. The maximum Gasteiger partial charge on any atom is 0.271 e. The predicted molar refractivity (Wildman–Crippen MR) is 120 cm³/mol. The largest absolute Gasteiger partial charge is 0.463 e. The Hall–Kier alpha value is -2.15. The van der Waals surface area contributed by atoms with Crippen LogP contribution in [-0.2, 0) is 11.3 Å². The fourth-order valence-corrected chi connectivity index (χ4v) is 5.19. The summed E-state index contributed by atoms with van der Waals surface area (Å²) in [6.07, 6.45) is 9.92. The van der Waals surface area contributed by atoms with Crippen LogP contribution >= 0.6 is 11.8 Å². The summed E-state index contributed by atoms with van der Waals surface area (Å²) >= 11 is 1.61. The van der Waals surface area contributed by atoms with Gasteiger partial charge in [0, 0.05) is 18.2 Å². The molecule has 1 N–H and O–H groups in total. The average molecular weight is 430 g/mol. The quantitative estimate of drug-likeness (QED) is 0.764. The van der Waals surface area contributed by atoms with E-state index in [1.807, 2.05) is 36.8 Å². The van der Waals surface area contributed by atoms with Crippen LogP contribution in [0.4, 0.5) is 0 Å². The van der Waals surface area contributed by atoms with E-state index in [2.05, 4.69) is 12.2 Å². The molecule has 2 aliphatic rings. The summed E-state index contributed by atoms with van der Waals surface area (Å²) in [6.45, 7) is 6.97. The number of thioether (sulfide) groups is 1. The van der Waals surface area contributed by atoms with Crippen molar-refractivity contribution in [2.45, 2.75) is 64.6 Å². The van der Waals surface area contributed by atoms with Gasteiger partial charge in [-0.15, -0.1) is 11.8 Å². The highest BCUT2D eigenvalue weighted by Crippen LogP contribution is 2.34. The van der Waals surface area contributed by atoms with Crippen LogP contribution in [0.1, 0.15) is 56.9 Å². The standard InChI is InChI=1S/C23H31N3O3S/c1-5-17(30-4)13-26-21(27)19-12-20-18(10-11-29-20)25(19)14-23(26,3)22(28)24-16-8-6-15(2)7-9-16/h5,10-12,15-16H,6-9,13-14H2,1-4H3,(H,24,28)/b17-5-. The Balaban J connectivity index is 1.68. The van der Waals surface area contributed by atoms with Gasteiger partial charge in [0.05, 0.1) is 24.9 Å². The number of carbonyl (C=O) groups is 2. The zero-order valence-electron chi connectivity index (χ0n) is 18.2. The Morgan fingerprint density at radius 2 is 2.10 bits per heavy atom. The predicted octanol–water partition coefficient (Wildman–Crippen LogP) is 4.41. The summed E-state index contributed by atoms with van der Waals surface area (Å²) in [5, 5.41) is 3.28. The summed E-state index contributed by atoms with van der Waals surface area (Å²) in [7, 11) is 0. The molecule has 1 atom stereocenters. The van der Waals surface area contributed by atoms with Gasteiger partial charge in [0.2, 0.25) is 5.91 Å². The molecule has 1 fully saturated rings. The molecule has 2 aromatic heterocycles. The van der Waals surface area contributed by atoms with Crippen molar-refractivity contribution >= 4 is 34.7 Å². The Labute approximate surface area is 182 Å². The number of furan rings is 1. The lowest BCUT2D eigenvalue weighted by molar-refractivity contribution is -0.133. The molecule has 0 spiro atoms. The number of nitrogens with one attached hydrogen (secondary N) is 1. The first-order valence-electron chi connectivity index (χ1n) is 10.8. The van der Waals surface area contributed by atoms with Gasteiger partial charge in [0.15, 0.2) is 5.58 Å². The molecule has 0 bridgehead atoms. The first-order valence-corrected chi connectivity index (χ1v) is 12.0. The van der Waals surface area contributed by atoms with Gasteiger partial charge in [0.1, 0.15) is 11.2 Å².